The van der Waals surface area contributed by atoms with Gasteiger partial charge in [-0.15, -0.1) is 0 Å². The van der Waals surface area contributed by atoms with Crippen LogP contribution in [0.2, 0.25) is 0 Å². The molecule has 0 saturated carbocycles. The summed E-state index contributed by atoms with van der Waals surface area (Å²) in [5.74, 6) is 0.167. The Balaban J connectivity index is 0. The average Bonchev–Trinajstić information content (AvgIpc) is 1.41. The Morgan fingerprint density at radius 3 is 1.50 bits per heavy atom. The molecule has 38 valence electrons. The molecule has 0 atom stereocenters. The topological polar surface area (TPSA) is 17.1 Å². The minimum atomic E-state index is 0.167. The maximum atomic E-state index is 9.44. The fourth-order valence-corrected chi connectivity index (χ4v) is 0. The molecule has 0 aliphatic heterocycles. The number of carbonyl (C=O) groups is 1. The summed E-state index contributed by atoms with van der Waals surface area (Å²) >= 11 is 5.50. The molecule has 3 heteroatoms. The van der Waals surface area contributed by atoms with Crippen LogP contribution in [0, 0.1) is 0 Å². The molecule has 0 aliphatic carbocycles. The first-order valence-electron chi connectivity index (χ1n) is 1.35. The molecule has 0 fully saturated rings. The van der Waals surface area contributed by atoms with Crippen molar-refractivity contribution in [2.45, 2.75) is 13.8 Å². The number of ketones is 1. The summed E-state index contributed by atoms with van der Waals surface area (Å²) in [6.45, 7) is 3.06. The Kier molecular flexibility index (Phi) is 15.0. The van der Waals surface area contributed by atoms with Crippen LogP contribution in [0.1, 0.15) is 13.8 Å². The Labute approximate surface area is 53.0 Å². The summed E-state index contributed by atoms with van der Waals surface area (Å²) in [7, 11) is 0. The zero-order valence-corrected chi connectivity index (χ0v) is 6.43. The number of Topliss-reactive ketones (excluding diaryl/α,β-unsaturated/α-hetero) is 1. The van der Waals surface area contributed by atoms with Crippen molar-refractivity contribution < 1.29 is 19.0 Å². The van der Waals surface area contributed by atoms with Gasteiger partial charge in [0.1, 0.15) is 5.78 Å². The molecule has 0 amide bonds. The van der Waals surface area contributed by atoms with E-state index in [9.17, 15) is 4.79 Å². The predicted octanol–water partition coefficient (Wildman–Crippen LogP) is 1.44. The van der Waals surface area contributed by atoms with Crippen LogP contribution < -0.4 is 0 Å². The first kappa shape index (κ1) is 9.83. The second-order valence-corrected chi connectivity index (χ2v) is 0.908. The minimum absolute atomic E-state index is 0.167. The predicted molar refractivity (Wildman–Crippen MR) is 25.3 cm³/mol. The van der Waals surface area contributed by atoms with E-state index in [1.54, 1.807) is 0 Å². The van der Waals surface area contributed by atoms with Gasteiger partial charge in [0.2, 0.25) is 0 Å². The molecule has 0 aromatic heterocycles. The second kappa shape index (κ2) is 9.18. The van der Waals surface area contributed by atoms with Crippen molar-refractivity contribution in [2.75, 3.05) is 0 Å². The molecule has 0 rings (SSSR count). The average molecular weight is 193 g/mol. The number of hydrogen-bond acceptors (Lipinski definition) is 1. The summed E-state index contributed by atoms with van der Waals surface area (Å²) in [6.07, 6.45) is 0. The maximum absolute atomic E-state index is 9.44. The van der Waals surface area contributed by atoms with Crippen molar-refractivity contribution in [1.82, 2.24) is 0 Å². The first-order chi connectivity index (χ1) is 2.73. The van der Waals surface area contributed by atoms with E-state index >= 15 is 0 Å². The molecule has 0 saturated heterocycles. The van der Waals surface area contributed by atoms with Gasteiger partial charge in [0.15, 0.2) is 0 Å². The van der Waals surface area contributed by atoms with Crippen molar-refractivity contribution in [3.63, 3.8) is 0 Å². The summed E-state index contributed by atoms with van der Waals surface area (Å²) in [5.41, 5.74) is 0. The number of hydrogen-bond donors (Lipinski definition) is 0. The zero-order valence-electron chi connectivity index (χ0n) is 3.66. The third kappa shape index (κ3) is 140. The molecule has 0 radical (unpaired) electrons. The SMILES string of the molecule is CC(C)=O.[Mn][Br]. The number of halogens is 1. The van der Waals surface area contributed by atoms with Gasteiger partial charge < -0.3 is 4.79 Å². The van der Waals surface area contributed by atoms with Crippen LogP contribution in [0.15, 0.2) is 0 Å². The van der Waals surface area contributed by atoms with Gasteiger partial charge in [-0.05, 0) is 13.8 Å². The number of rotatable bonds is 0. The van der Waals surface area contributed by atoms with E-state index in [4.69, 9.17) is 0 Å². The van der Waals surface area contributed by atoms with Crippen LogP contribution >= 0.6 is 14.1 Å². The van der Waals surface area contributed by atoms with Crippen LogP contribution in [0.3, 0.4) is 0 Å². The van der Waals surface area contributed by atoms with Gasteiger partial charge in [0, 0.05) is 0 Å². The second-order valence-electron chi connectivity index (χ2n) is 0.908. The first-order valence-corrected chi connectivity index (χ1v) is 4.26. The van der Waals surface area contributed by atoms with Crippen LogP contribution in [-0.4, -0.2) is 5.78 Å². The van der Waals surface area contributed by atoms with Crippen molar-refractivity contribution >= 4 is 19.9 Å². The molecule has 0 bridgehead atoms. The van der Waals surface area contributed by atoms with Crippen LogP contribution in [-0.2, 0) is 19.0 Å². The Morgan fingerprint density at radius 1 is 1.50 bits per heavy atom. The zero-order chi connectivity index (χ0) is 5.58. The normalized spacial score (nSPS) is 5.33. The molecule has 0 N–H and O–H groups in total. The van der Waals surface area contributed by atoms with Crippen LogP contribution in [0.4, 0.5) is 0 Å². The molecule has 6 heavy (non-hydrogen) atoms. The van der Waals surface area contributed by atoms with E-state index in [0.717, 1.165) is 0 Å². The van der Waals surface area contributed by atoms with Gasteiger partial charge in [0.25, 0.3) is 0 Å². The van der Waals surface area contributed by atoms with E-state index < -0.39 is 0 Å². The van der Waals surface area contributed by atoms with E-state index in [2.05, 4.69) is 28.3 Å². The van der Waals surface area contributed by atoms with E-state index in [1.165, 1.54) is 13.8 Å². The molecule has 0 aromatic rings. The monoisotopic (exact) mass is 192 g/mol. The molecule has 0 aliphatic rings. The Bertz CT molecular complexity index is 33.8. The Morgan fingerprint density at radius 2 is 1.50 bits per heavy atom. The summed E-state index contributed by atoms with van der Waals surface area (Å²) in [6, 6.07) is 0. The van der Waals surface area contributed by atoms with Crippen molar-refractivity contribution in [1.29, 1.82) is 0 Å². The van der Waals surface area contributed by atoms with Crippen molar-refractivity contribution in [3.8, 4) is 0 Å². The van der Waals surface area contributed by atoms with Gasteiger partial charge >= 0.3 is 28.3 Å². The molecule has 0 heterocycles. The third-order valence-electron chi connectivity index (χ3n) is 0. The van der Waals surface area contributed by atoms with Gasteiger partial charge in [-0.3, -0.25) is 0 Å². The van der Waals surface area contributed by atoms with Gasteiger partial charge in [-0.1, -0.05) is 0 Å². The van der Waals surface area contributed by atoms with E-state index in [1.807, 2.05) is 0 Å². The van der Waals surface area contributed by atoms with Crippen molar-refractivity contribution in [3.05, 3.63) is 0 Å². The molecule has 0 aromatic carbocycles. The van der Waals surface area contributed by atoms with E-state index in [-0.39, 0.29) is 5.78 Å². The van der Waals surface area contributed by atoms with E-state index in [0.29, 0.717) is 0 Å². The van der Waals surface area contributed by atoms with Crippen LogP contribution in [0.25, 0.3) is 0 Å². The Hall–Kier alpha value is 0.669. The van der Waals surface area contributed by atoms with Crippen LogP contribution in [0.5, 0.6) is 0 Å². The summed E-state index contributed by atoms with van der Waals surface area (Å²) in [5, 5.41) is 0. The summed E-state index contributed by atoms with van der Waals surface area (Å²) in [4.78, 5) is 9.44. The van der Waals surface area contributed by atoms with Gasteiger partial charge in [-0.2, -0.15) is 0 Å². The van der Waals surface area contributed by atoms with Gasteiger partial charge in [-0.25, -0.2) is 0 Å². The molecular formula is C3H6BrMnO. The molecular weight excluding hydrogens is 187 g/mol. The third-order valence-corrected chi connectivity index (χ3v) is 0. The fraction of sp³-hybridized carbons (Fsp3) is 0.667. The molecule has 0 spiro atoms. The van der Waals surface area contributed by atoms with Crippen molar-refractivity contribution in [2.24, 2.45) is 0 Å². The summed E-state index contributed by atoms with van der Waals surface area (Å²) < 4.78 is 0. The standard InChI is InChI=1S/C3H6O.BrH.Mn/c1-3(2)4;;/h1-2H3;1H;/q;;+1/p-1. The fourth-order valence-electron chi connectivity index (χ4n) is 0. The molecule has 1 nitrogen and oxygen atoms in total. The van der Waals surface area contributed by atoms with Gasteiger partial charge in [0.05, 0.1) is 0 Å². The quantitative estimate of drug-likeness (QED) is 0.532. The number of carbonyl (C=O) groups excluding carboxylic acids is 1. The molecule has 0 unspecified atom stereocenters.